The molecule has 0 aromatic rings. The van der Waals surface area contributed by atoms with E-state index >= 15 is 0 Å². The lowest BCUT2D eigenvalue weighted by molar-refractivity contribution is 0.394. The Kier molecular flexibility index (Phi) is 2.01. The molecular formula is C9H13NO. The minimum atomic E-state index is -0.596. The normalized spacial score (nSPS) is 41.6. The van der Waals surface area contributed by atoms with Crippen LogP contribution in [0.25, 0.3) is 0 Å². The number of hydrogen-bond donors (Lipinski definition) is 0. The first-order valence-electron chi connectivity index (χ1n) is 4.62. The first kappa shape index (κ1) is 5.58. The average Bonchev–Trinajstić information content (AvgIpc) is 2.08. The molecule has 0 aromatic carbocycles. The third kappa shape index (κ3) is 2.58. The number of methoxy groups -OCH3 is 1. The Bertz CT molecular complexity index is 271. The van der Waals surface area contributed by atoms with Gasteiger partial charge in [-0.3, -0.25) is 0 Å². The Morgan fingerprint density at radius 2 is 2.45 bits per heavy atom. The summed E-state index contributed by atoms with van der Waals surface area (Å²) in [4.78, 5) is 4.08. The Labute approximate surface area is 70.1 Å². The quantitative estimate of drug-likeness (QED) is 0.489. The van der Waals surface area contributed by atoms with Gasteiger partial charge in [-0.15, -0.1) is 0 Å². The van der Waals surface area contributed by atoms with E-state index in [1.165, 1.54) is 7.11 Å². The Morgan fingerprint density at radius 3 is 3.18 bits per heavy atom. The van der Waals surface area contributed by atoms with Crippen LogP contribution in [0, 0.1) is 0 Å². The Morgan fingerprint density at radius 1 is 1.64 bits per heavy atom. The highest BCUT2D eigenvalue weighted by Gasteiger charge is 1.96. The third-order valence-electron chi connectivity index (χ3n) is 1.29. The molecule has 1 heterocycles. The van der Waals surface area contributed by atoms with Gasteiger partial charge in [0.25, 0.3) is 0 Å². The van der Waals surface area contributed by atoms with E-state index in [1.807, 2.05) is 0 Å². The first-order valence-corrected chi connectivity index (χ1v) is 3.47. The van der Waals surface area contributed by atoms with Crippen molar-refractivity contribution in [2.45, 2.75) is 19.7 Å². The summed E-state index contributed by atoms with van der Waals surface area (Å²) in [6.45, 7) is 1.80. The van der Waals surface area contributed by atoms with E-state index in [0.717, 1.165) is 5.70 Å². The molecule has 0 fully saturated rings. The van der Waals surface area contributed by atoms with E-state index in [1.54, 1.807) is 25.2 Å². The summed E-state index contributed by atoms with van der Waals surface area (Å²) in [5.74, 6) is 0.372. The largest absolute Gasteiger partial charge is 0.484 e. The van der Waals surface area contributed by atoms with Crippen LogP contribution in [-0.2, 0) is 4.74 Å². The van der Waals surface area contributed by atoms with E-state index in [2.05, 4.69) is 4.99 Å². The van der Waals surface area contributed by atoms with Crippen molar-refractivity contribution in [2.75, 3.05) is 7.11 Å². The highest BCUT2D eigenvalue weighted by molar-refractivity contribution is 5.78. The fourth-order valence-electron chi connectivity index (χ4n) is 0.759. The van der Waals surface area contributed by atoms with Gasteiger partial charge in [0.15, 0.2) is 5.90 Å². The number of rotatable bonds is 0. The number of allylic oxidation sites excluding steroid dienone is 3. The fourth-order valence-corrected chi connectivity index (χ4v) is 0.759. The van der Waals surface area contributed by atoms with E-state index in [-0.39, 0.29) is 0 Å². The van der Waals surface area contributed by atoms with Crippen LogP contribution in [0.1, 0.15) is 22.5 Å². The topological polar surface area (TPSA) is 21.6 Å². The number of hydrogen-bond acceptors (Lipinski definition) is 2. The molecule has 1 aliphatic rings. The number of ether oxygens (including phenoxy) is 1. The van der Waals surface area contributed by atoms with Crippen LogP contribution in [-0.4, -0.2) is 13.0 Å². The standard InChI is InChI=1S/C9H13NO/c1-8-6-4-3-5-7-9(10-8)11-2/h3,5-6H,4,7H2,1-2H3/b5-3-,8-6-,10-9?/i4D,7D. The molecule has 0 saturated heterocycles. The van der Waals surface area contributed by atoms with Crippen molar-refractivity contribution < 1.29 is 7.48 Å². The van der Waals surface area contributed by atoms with Gasteiger partial charge in [0.05, 0.1) is 7.11 Å². The van der Waals surface area contributed by atoms with Gasteiger partial charge in [0.1, 0.15) is 0 Å². The van der Waals surface area contributed by atoms with Crippen LogP contribution in [0.2, 0.25) is 0 Å². The van der Waals surface area contributed by atoms with Gasteiger partial charge in [-0.25, -0.2) is 4.99 Å². The van der Waals surface area contributed by atoms with Gasteiger partial charge in [0, 0.05) is 14.8 Å². The molecule has 0 amide bonds. The summed E-state index contributed by atoms with van der Waals surface area (Å²) in [5.41, 5.74) is 0.721. The summed E-state index contributed by atoms with van der Waals surface area (Å²) >= 11 is 0. The summed E-state index contributed by atoms with van der Waals surface area (Å²) in [6, 6.07) is 0. The summed E-state index contributed by atoms with van der Waals surface area (Å²) in [5, 5.41) is 0. The zero-order valence-electron chi connectivity index (χ0n) is 8.74. The molecule has 0 radical (unpaired) electrons. The minimum absolute atomic E-state index is 0.372. The predicted octanol–water partition coefficient (Wildman–Crippen LogP) is 2.29. The van der Waals surface area contributed by atoms with Crippen LogP contribution in [0.15, 0.2) is 28.9 Å². The summed E-state index contributed by atoms with van der Waals surface area (Å²) < 4.78 is 20.0. The molecule has 1 rings (SSSR count). The van der Waals surface area contributed by atoms with E-state index in [9.17, 15) is 0 Å². The molecule has 0 spiro atoms. The van der Waals surface area contributed by atoms with Gasteiger partial charge in [-0.1, -0.05) is 18.2 Å². The molecule has 0 N–H and O–H groups in total. The summed E-state index contributed by atoms with van der Waals surface area (Å²) in [7, 11) is 1.50. The first-order chi connectivity index (χ1) is 6.13. The third-order valence-corrected chi connectivity index (χ3v) is 1.29. The van der Waals surface area contributed by atoms with Crippen molar-refractivity contribution in [3.63, 3.8) is 0 Å². The zero-order valence-corrected chi connectivity index (χ0v) is 6.74. The zero-order chi connectivity index (χ0) is 9.84. The second-order valence-corrected chi connectivity index (χ2v) is 2.21. The molecule has 1 aliphatic heterocycles. The maximum atomic E-state index is 7.59. The molecular weight excluding hydrogens is 138 g/mol. The van der Waals surface area contributed by atoms with E-state index < -0.39 is 12.8 Å². The smallest absolute Gasteiger partial charge is 0.191 e. The van der Waals surface area contributed by atoms with Gasteiger partial charge >= 0.3 is 0 Å². The molecule has 0 aromatic heterocycles. The van der Waals surface area contributed by atoms with Crippen LogP contribution >= 0.6 is 0 Å². The maximum Gasteiger partial charge on any atom is 0.191 e. The van der Waals surface area contributed by atoms with Crippen molar-refractivity contribution in [1.29, 1.82) is 0 Å². The van der Waals surface area contributed by atoms with E-state index in [0.29, 0.717) is 5.90 Å². The maximum absolute atomic E-state index is 7.59. The number of nitrogens with zero attached hydrogens (tertiary/aromatic N) is 1. The van der Waals surface area contributed by atoms with Gasteiger partial charge in [-0.05, 0) is 13.3 Å². The van der Waals surface area contributed by atoms with Crippen LogP contribution in [0.3, 0.4) is 0 Å². The summed E-state index contributed by atoms with van der Waals surface area (Å²) in [6.07, 6.45) is 3.98. The fraction of sp³-hybridized carbons (Fsp3) is 0.444. The molecule has 2 heteroatoms. The Hall–Kier alpha value is -1.05. The van der Waals surface area contributed by atoms with Gasteiger partial charge in [0.2, 0.25) is 0 Å². The second kappa shape index (κ2) is 3.96. The van der Waals surface area contributed by atoms with E-state index in [4.69, 9.17) is 7.48 Å². The minimum Gasteiger partial charge on any atom is -0.484 e. The Balaban J connectivity index is 2.97. The number of aliphatic imine (C=N–C) groups is 1. The van der Waals surface area contributed by atoms with Crippen molar-refractivity contribution >= 4 is 5.90 Å². The van der Waals surface area contributed by atoms with Gasteiger partial charge in [-0.2, -0.15) is 0 Å². The molecule has 2 nitrogen and oxygen atoms in total. The van der Waals surface area contributed by atoms with Crippen LogP contribution in [0.5, 0.6) is 0 Å². The average molecular weight is 153 g/mol. The van der Waals surface area contributed by atoms with Crippen molar-refractivity contribution in [3.05, 3.63) is 23.9 Å². The van der Waals surface area contributed by atoms with Crippen molar-refractivity contribution in [3.8, 4) is 0 Å². The second-order valence-electron chi connectivity index (χ2n) is 2.21. The molecule has 0 saturated carbocycles. The van der Waals surface area contributed by atoms with Crippen LogP contribution < -0.4 is 0 Å². The molecule has 2 atom stereocenters. The molecule has 11 heavy (non-hydrogen) atoms. The van der Waals surface area contributed by atoms with Crippen molar-refractivity contribution in [2.24, 2.45) is 4.99 Å². The van der Waals surface area contributed by atoms with Crippen LogP contribution in [0.4, 0.5) is 0 Å². The lowest BCUT2D eigenvalue weighted by Crippen LogP contribution is -2.00. The highest BCUT2D eigenvalue weighted by Crippen LogP contribution is 2.05. The SMILES string of the molecule is [2H]C1/C=C\C([2H])C(OC)=N/C(C)=C\1. The van der Waals surface area contributed by atoms with Crippen molar-refractivity contribution in [1.82, 2.24) is 0 Å². The lowest BCUT2D eigenvalue weighted by Gasteiger charge is -2.03. The molecule has 60 valence electrons. The van der Waals surface area contributed by atoms with Gasteiger partial charge < -0.3 is 4.74 Å². The molecule has 0 bridgehead atoms. The lowest BCUT2D eigenvalue weighted by atomic mass is 10.2. The molecule has 0 aliphatic carbocycles. The molecule has 2 unspecified atom stereocenters. The monoisotopic (exact) mass is 153 g/mol. The predicted molar refractivity (Wildman–Crippen MR) is 46.6 cm³/mol. The highest BCUT2D eigenvalue weighted by atomic mass is 16.5.